The molecule has 3 aromatic carbocycles. The minimum Gasteiger partial charge on any atom is -0.493 e. The SMILES string of the molecule is COc1ccc([C@H](C)NC(=O)[C@H](Cc2ccccc2)NS(=O)(=O)c2cc(Cl)ccc2Cl)cc1OC. The van der Waals surface area contributed by atoms with E-state index in [1.165, 1.54) is 32.4 Å². The third-order valence-corrected chi connectivity index (χ3v) is 7.53. The average molecular weight is 537 g/mol. The van der Waals surface area contributed by atoms with Crippen LogP contribution in [0.5, 0.6) is 11.5 Å². The summed E-state index contributed by atoms with van der Waals surface area (Å²) < 4.78 is 39.4. The molecule has 0 radical (unpaired) electrons. The average Bonchev–Trinajstić information content (AvgIpc) is 2.85. The Morgan fingerprint density at radius 2 is 1.63 bits per heavy atom. The lowest BCUT2D eigenvalue weighted by atomic mass is 10.0. The van der Waals surface area contributed by atoms with Gasteiger partial charge in [-0.2, -0.15) is 4.72 Å². The number of hydrogen-bond acceptors (Lipinski definition) is 5. The molecule has 0 aliphatic carbocycles. The second kappa shape index (κ2) is 11.8. The molecule has 0 heterocycles. The van der Waals surface area contributed by atoms with E-state index in [0.29, 0.717) is 11.5 Å². The highest BCUT2D eigenvalue weighted by Gasteiger charge is 2.29. The second-order valence-electron chi connectivity index (χ2n) is 7.78. The lowest BCUT2D eigenvalue weighted by Crippen LogP contribution is -2.48. The third-order valence-electron chi connectivity index (χ3n) is 5.35. The number of benzene rings is 3. The lowest BCUT2D eigenvalue weighted by molar-refractivity contribution is -0.123. The van der Waals surface area contributed by atoms with Gasteiger partial charge in [0.05, 0.1) is 25.3 Å². The van der Waals surface area contributed by atoms with Crippen LogP contribution in [0.3, 0.4) is 0 Å². The van der Waals surface area contributed by atoms with Crippen molar-refractivity contribution in [2.45, 2.75) is 30.3 Å². The van der Waals surface area contributed by atoms with Gasteiger partial charge in [-0.1, -0.05) is 59.6 Å². The summed E-state index contributed by atoms with van der Waals surface area (Å²) in [4.78, 5) is 13.1. The van der Waals surface area contributed by atoms with E-state index in [2.05, 4.69) is 10.0 Å². The smallest absolute Gasteiger partial charge is 0.242 e. The van der Waals surface area contributed by atoms with E-state index in [1.54, 1.807) is 25.1 Å². The van der Waals surface area contributed by atoms with Gasteiger partial charge in [0.15, 0.2) is 11.5 Å². The minimum absolute atomic E-state index is 0.000495. The Balaban J connectivity index is 1.87. The van der Waals surface area contributed by atoms with Crippen molar-refractivity contribution in [1.29, 1.82) is 0 Å². The molecule has 0 aliphatic rings. The Morgan fingerprint density at radius 1 is 0.943 bits per heavy atom. The molecular weight excluding hydrogens is 511 g/mol. The van der Waals surface area contributed by atoms with Crippen LogP contribution in [-0.4, -0.2) is 34.6 Å². The molecule has 10 heteroatoms. The highest BCUT2D eigenvalue weighted by molar-refractivity contribution is 7.89. The highest BCUT2D eigenvalue weighted by atomic mass is 35.5. The molecule has 1 amide bonds. The van der Waals surface area contributed by atoms with Gasteiger partial charge in [0.1, 0.15) is 10.9 Å². The van der Waals surface area contributed by atoms with E-state index >= 15 is 0 Å². The maximum atomic E-state index is 13.3. The van der Waals surface area contributed by atoms with Crippen LogP contribution in [-0.2, 0) is 21.2 Å². The summed E-state index contributed by atoms with van der Waals surface area (Å²) in [7, 11) is -1.10. The fourth-order valence-corrected chi connectivity index (χ4v) is 5.45. The molecule has 0 saturated heterocycles. The van der Waals surface area contributed by atoms with Gasteiger partial charge >= 0.3 is 0 Å². The molecule has 2 atom stereocenters. The van der Waals surface area contributed by atoms with Crippen LogP contribution in [0.25, 0.3) is 0 Å². The molecule has 3 rings (SSSR count). The van der Waals surface area contributed by atoms with Gasteiger partial charge < -0.3 is 14.8 Å². The van der Waals surface area contributed by atoms with Crippen molar-refractivity contribution < 1.29 is 22.7 Å². The number of carbonyl (C=O) groups excluding carboxylic acids is 1. The van der Waals surface area contributed by atoms with Gasteiger partial charge in [-0.05, 0) is 54.8 Å². The van der Waals surface area contributed by atoms with Crippen molar-refractivity contribution in [3.05, 3.63) is 87.9 Å². The molecular formula is C25H26Cl2N2O5S. The maximum absolute atomic E-state index is 13.3. The zero-order valence-electron chi connectivity index (χ0n) is 19.4. The minimum atomic E-state index is -4.16. The Hall–Kier alpha value is -2.78. The van der Waals surface area contributed by atoms with Crippen LogP contribution in [0.2, 0.25) is 10.0 Å². The molecule has 7 nitrogen and oxygen atoms in total. The molecule has 0 saturated carbocycles. The molecule has 0 unspecified atom stereocenters. The number of nitrogens with one attached hydrogen (secondary N) is 2. The van der Waals surface area contributed by atoms with E-state index in [-0.39, 0.29) is 21.4 Å². The number of amides is 1. The van der Waals surface area contributed by atoms with E-state index < -0.39 is 28.0 Å². The Labute approximate surface area is 215 Å². The monoisotopic (exact) mass is 536 g/mol. The summed E-state index contributed by atoms with van der Waals surface area (Å²) in [6, 6.07) is 17.0. The van der Waals surface area contributed by atoms with Crippen molar-refractivity contribution in [2.24, 2.45) is 0 Å². The topological polar surface area (TPSA) is 93.7 Å². The summed E-state index contributed by atoms with van der Waals surface area (Å²) in [6.07, 6.45) is 0.128. The molecule has 186 valence electrons. The number of sulfonamides is 1. The quantitative estimate of drug-likeness (QED) is 0.389. The first-order valence-corrected chi connectivity index (χ1v) is 12.9. The first-order chi connectivity index (χ1) is 16.6. The van der Waals surface area contributed by atoms with Crippen molar-refractivity contribution in [1.82, 2.24) is 10.0 Å². The van der Waals surface area contributed by atoms with Crippen LogP contribution in [0, 0.1) is 0 Å². The van der Waals surface area contributed by atoms with Crippen LogP contribution in [0.1, 0.15) is 24.1 Å². The molecule has 0 fully saturated rings. The number of hydrogen-bond donors (Lipinski definition) is 2. The first-order valence-electron chi connectivity index (χ1n) is 10.7. The zero-order chi connectivity index (χ0) is 25.6. The number of methoxy groups -OCH3 is 2. The molecule has 0 spiro atoms. The van der Waals surface area contributed by atoms with Gasteiger partial charge in [-0.3, -0.25) is 4.79 Å². The van der Waals surface area contributed by atoms with Gasteiger partial charge in [-0.15, -0.1) is 0 Å². The Morgan fingerprint density at radius 3 is 2.29 bits per heavy atom. The highest BCUT2D eigenvalue weighted by Crippen LogP contribution is 2.30. The molecule has 3 aromatic rings. The number of ether oxygens (including phenoxy) is 2. The largest absolute Gasteiger partial charge is 0.493 e. The van der Waals surface area contributed by atoms with Crippen LogP contribution < -0.4 is 19.5 Å². The van der Waals surface area contributed by atoms with Crippen LogP contribution in [0.4, 0.5) is 0 Å². The summed E-state index contributed by atoms with van der Waals surface area (Å²) in [5.74, 6) is 0.573. The zero-order valence-corrected chi connectivity index (χ0v) is 21.7. The molecule has 0 aromatic heterocycles. The van der Waals surface area contributed by atoms with E-state index in [9.17, 15) is 13.2 Å². The fourth-order valence-electron chi connectivity index (χ4n) is 3.49. The van der Waals surface area contributed by atoms with Gasteiger partial charge in [0.2, 0.25) is 15.9 Å². The summed E-state index contributed by atoms with van der Waals surface area (Å²) >= 11 is 12.1. The normalized spacial score (nSPS) is 13.1. The number of halogens is 2. The third kappa shape index (κ3) is 6.89. The number of carbonyl (C=O) groups is 1. The maximum Gasteiger partial charge on any atom is 0.242 e. The standard InChI is InChI=1S/C25H26Cl2N2O5S/c1-16(18-9-12-22(33-2)23(14-18)34-3)28-25(30)21(13-17-7-5-4-6-8-17)29-35(31,32)24-15-19(26)10-11-20(24)27/h4-12,14-16,21,29H,13H2,1-3H3,(H,28,30)/t16-,21-/m0/s1. The van der Waals surface area contributed by atoms with Gasteiger partial charge in [0, 0.05) is 5.02 Å². The van der Waals surface area contributed by atoms with E-state index in [1.807, 2.05) is 30.3 Å². The van der Waals surface area contributed by atoms with Gasteiger partial charge in [-0.25, -0.2) is 8.42 Å². The van der Waals surface area contributed by atoms with Crippen molar-refractivity contribution in [3.63, 3.8) is 0 Å². The van der Waals surface area contributed by atoms with E-state index in [0.717, 1.165) is 11.1 Å². The fraction of sp³-hybridized carbons (Fsp3) is 0.240. The number of rotatable bonds is 10. The second-order valence-corrected chi connectivity index (χ2v) is 10.3. The van der Waals surface area contributed by atoms with Crippen molar-refractivity contribution in [2.75, 3.05) is 14.2 Å². The van der Waals surface area contributed by atoms with Crippen LogP contribution in [0.15, 0.2) is 71.6 Å². The molecule has 0 aliphatic heterocycles. The molecule has 2 N–H and O–H groups in total. The van der Waals surface area contributed by atoms with E-state index in [4.69, 9.17) is 32.7 Å². The van der Waals surface area contributed by atoms with Crippen molar-refractivity contribution in [3.8, 4) is 11.5 Å². The molecule has 35 heavy (non-hydrogen) atoms. The predicted octanol–water partition coefficient (Wildman–Crippen LogP) is 4.78. The Bertz CT molecular complexity index is 1290. The lowest BCUT2D eigenvalue weighted by Gasteiger charge is -2.22. The Kier molecular flexibility index (Phi) is 9.02. The summed E-state index contributed by atoms with van der Waals surface area (Å²) in [5.41, 5.74) is 1.54. The predicted molar refractivity (Wildman–Crippen MR) is 137 cm³/mol. The first kappa shape index (κ1) is 26.8. The summed E-state index contributed by atoms with van der Waals surface area (Å²) in [5, 5.41) is 3.09. The molecule has 0 bridgehead atoms. The van der Waals surface area contributed by atoms with Crippen molar-refractivity contribution >= 4 is 39.1 Å². The van der Waals surface area contributed by atoms with Crippen LogP contribution >= 0.6 is 23.2 Å². The van der Waals surface area contributed by atoms with Gasteiger partial charge in [0.25, 0.3) is 0 Å². The summed E-state index contributed by atoms with van der Waals surface area (Å²) in [6.45, 7) is 1.79.